The first kappa shape index (κ1) is 22.4. The molecule has 2 aliphatic heterocycles. The van der Waals surface area contributed by atoms with Crippen LogP contribution in [0.1, 0.15) is 90.9 Å². The molecular weight excluding hydrogens is 352 g/mol. The molecule has 0 saturated heterocycles. The van der Waals surface area contributed by atoms with Gasteiger partial charge in [0.2, 0.25) is 0 Å². The van der Waals surface area contributed by atoms with Crippen LogP contribution in [0, 0.1) is 0 Å². The van der Waals surface area contributed by atoms with E-state index in [0.717, 1.165) is 49.7 Å². The lowest BCUT2D eigenvalue weighted by atomic mass is 10.0. The van der Waals surface area contributed by atoms with Gasteiger partial charge in [-0.05, 0) is 77.4 Å². The second kappa shape index (κ2) is 12.6. The van der Waals surface area contributed by atoms with Gasteiger partial charge in [-0.25, -0.2) is 9.59 Å². The molecule has 2 aliphatic rings. The number of rotatable bonds is 14. The SMILES string of the molecule is C[C@@H]1C=C(CCCCCC/C=C\CCCCCCC2=C[C@@H](C)OC2=O)C(=O)O1. The van der Waals surface area contributed by atoms with Crippen molar-refractivity contribution in [2.75, 3.05) is 0 Å². The van der Waals surface area contributed by atoms with E-state index in [1.807, 2.05) is 26.0 Å². The highest BCUT2D eigenvalue weighted by atomic mass is 16.6. The Morgan fingerprint density at radius 1 is 0.679 bits per heavy atom. The molecule has 0 saturated carbocycles. The van der Waals surface area contributed by atoms with Crippen LogP contribution < -0.4 is 0 Å². The molecule has 0 aromatic carbocycles. The Morgan fingerprint density at radius 2 is 1.07 bits per heavy atom. The first-order valence-electron chi connectivity index (χ1n) is 11.0. The average Bonchev–Trinajstić information content (AvgIpc) is 3.14. The summed E-state index contributed by atoms with van der Waals surface area (Å²) in [6, 6.07) is 0. The maximum absolute atomic E-state index is 11.5. The molecule has 4 nitrogen and oxygen atoms in total. The fourth-order valence-electron chi connectivity index (χ4n) is 3.73. The monoisotopic (exact) mass is 388 g/mol. The highest BCUT2D eigenvalue weighted by Crippen LogP contribution is 2.20. The fraction of sp³-hybridized carbons (Fsp3) is 0.667. The van der Waals surface area contributed by atoms with Crippen LogP contribution in [-0.4, -0.2) is 24.1 Å². The van der Waals surface area contributed by atoms with E-state index >= 15 is 0 Å². The zero-order chi connectivity index (χ0) is 20.2. The Labute approximate surface area is 170 Å². The molecule has 4 heteroatoms. The van der Waals surface area contributed by atoms with Crippen molar-refractivity contribution in [1.82, 2.24) is 0 Å². The van der Waals surface area contributed by atoms with Gasteiger partial charge in [0.1, 0.15) is 12.2 Å². The maximum atomic E-state index is 11.5. The second-order valence-electron chi connectivity index (χ2n) is 7.98. The van der Waals surface area contributed by atoms with Crippen LogP contribution in [0.4, 0.5) is 0 Å². The quantitative estimate of drug-likeness (QED) is 0.209. The van der Waals surface area contributed by atoms with E-state index in [1.165, 1.54) is 38.5 Å². The molecule has 0 fully saturated rings. The second-order valence-corrected chi connectivity index (χ2v) is 7.98. The van der Waals surface area contributed by atoms with Crippen molar-refractivity contribution >= 4 is 11.9 Å². The lowest BCUT2D eigenvalue weighted by Crippen LogP contribution is -2.03. The molecule has 0 aliphatic carbocycles. The summed E-state index contributed by atoms with van der Waals surface area (Å²) in [6.45, 7) is 3.81. The standard InChI is InChI=1S/C24H36O4/c1-19-17-21(23(25)27-19)15-13-11-9-7-5-3-4-6-8-10-12-14-16-22-18-20(2)28-24(22)26/h3-4,17-20H,5-16H2,1-2H3/b4-3-/t19-,20-/m1/s1. The van der Waals surface area contributed by atoms with Gasteiger partial charge in [-0.3, -0.25) is 0 Å². The molecule has 0 unspecified atom stereocenters. The van der Waals surface area contributed by atoms with Crippen LogP contribution >= 0.6 is 0 Å². The topological polar surface area (TPSA) is 52.6 Å². The first-order chi connectivity index (χ1) is 13.6. The molecule has 156 valence electrons. The van der Waals surface area contributed by atoms with Crippen LogP contribution in [0.2, 0.25) is 0 Å². The van der Waals surface area contributed by atoms with Gasteiger partial charge < -0.3 is 9.47 Å². The van der Waals surface area contributed by atoms with Crippen molar-refractivity contribution in [3.05, 3.63) is 35.5 Å². The highest BCUT2D eigenvalue weighted by molar-refractivity contribution is 5.91. The summed E-state index contributed by atoms with van der Waals surface area (Å²) in [6.07, 6.45) is 21.8. The Bertz CT molecular complexity index is 548. The Kier molecular flexibility index (Phi) is 10.1. The molecule has 0 spiro atoms. The largest absolute Gasteiger partial charge is 0.455 e. The number of hydrogen-bond donors (Lipinski definition) is 0. The summed E-state index contributed by atoms with van der Waals surface area (Å²) in [5.74, 6) is -0.244. The lowest BCUT2D eigenvalue weighted by Gasteiger charge is -2.01. The van der Waals surface area contributed by atoms with E-state index in [2.05, 4.69) is 12.2 Å². The van der Waals surface area contributed by atoms with Crippen LogP contribution in [0.3, 0.4) is 0 Å². The van der Waals surface area contributed by atoms with Gasteiger partial charge in [0.05, 0.1) is 0 Å². The van der Waals surface area contributed by atoms with Crippen molar-refractivity contribution in [2.24, 2.45) is 0 Å². The van der Waals surface area contributed by atoms with E-state index in [4.69, 9.17) is 9.47 Å². The van der Waals surface area contributed by atoms with E-state index in [1.54, 1.807) is 0 Å². The van der Waals surface area contributed by atoms with E-state index in [9.17, 15) is 9.59 Å². The van der Waals surface area contributed by atoms with Gasteiger partial charge >= 0.3 is 11.9 Å². The van der Waals surface area contributed by atoms with Crippen LogP contribution in [0.5, 0.6) is 0 Å². The van der Waals surface area contributed by atoms with Crippen molar-refractivity contribution in [3.8, 4) is 0 Å². The van der Waals surface area contributed by atoms with Crippen molar-refractivity contribution in [3.63, 3.8) is 0 Å². The first-order valence-corrected chi connectivity index (χ1v) is 11.0. The number of carbonyl (C=O) groups excluding carboxylic acids is 2. The minimum atomic E-state index is -0.122. The van der Waals surface area contributed by atoms with Crippen LogP contribution in [0.15, 0.2) is 35.5 Å². The van der Waals surface area contributed by atoms with Crippen molar-refractivity contribution in [1.29, 1.82) is 0 Å². The Hall–Kier alpha value is -1.84. The zero-order valence-corrected chi connectivity index (χ0v) is 17.6. The van der Waals surface area contributed by atoms with E-state index in [0.29, 0.717) is 0 Å². The van der Waals surface area contributed by atoms with Gasteiger partial charge in [0, 0.05) is 11.1 Å². The molecule has 0 aromatic heterocycles. The number of hydrogen-bond acceptors (Lipinski definition) is 4. The Morgan fingerprint density at radius 3 is 1.43 bits per heavy atom. The van der Waals surface area contributed by atoms with Crippen molar-refractivity contribution < 1.29 is 19.1 Å². The predicted molar refractivity (Wildman–Crippen MR) is 112 cm³/mol. The number of ether oxygens (including phenoxy) is 2. The predicted octanol–water partition coefficient (Wildman–Crippen LogP) is 5.97. The molecular formula is C24H36O4. The third-order valence-electron chi connectivity index (χ3n) is 5.28. The van der Waals surface area contributed by atoms with E-state index in [-0.39, 0.29) is 24.1 Å². The molecule has 2 heterocycles. The molecule has 28 heavy (non-hydrogen) atoms. The number of allylic oxidation sites excluding steroid dienone is 2. The third kappa shape index (κ3) is 8.45. The van der Waals surface area contributed by atoms with Gasteiger partial charge in [-0.1, -0.05) is 37.8 Å². The molecule has 0 radical (unpaired) electrons. The van der Waals surface area contributed by atoms with Gasteiger partial charge in [-0.15, -0.1) is 0 Å². The fourth-order valence-corrected chi connectivity index (χ4v) is 3.73. The summed E-state index contributed by atoms with van der Waals surface area (Å²) in [5, 5.41) is 0. The molecule has 2 rings (SSSR count). The smallest absolute Gasteiger partial charge is 0.334 e. The van der Waals surface area contributed by atoms with Crippen LogP contribution in [0.25, 0.3) is 0 Å². The zero-order valence-electron chi connectivity index (χ0n) is 17.6. The Balaban J connectivity index is 1.35. The average molecular weight is 389 g/mol. The lowest BCUT2D eigenvalue weighted by molar-refractivity contribution is -0.140. The number of carbonyl (C=O) groups is 2. The van der Waals surface area contributed by atoms with Crippen molar-refractivity contribution in [2.45, 2.75) is 103 Å². The summed E-state index contributed by atoms with van der Waals surface area (Å²) >= 11 is 0. The minimum Gasteiger partial charge on any atom is -0.455 e. The summed E-state index contributed by atoms with van der Waals surface area (Å²) in [7, 11) is 0. The summed E-state index contributed by atoms with van der Waals surface area (Å²) in [5.41, 5.74) is 1.73. The van der Waals surface area contributed by atoms with Crippen LogP contribution in [-0.2, 0) is 19.1 Å². The molecule has 0 bridgehead atoms. The number of cyclic esters (lactones) is 2. The van der Waals surface area contributed by atoms with E-state index < -0.39 is 0 Å². The van der Waals surface area contributed by atoms with Gasteiger partial charge in [0.15, 0.2) is 0 Å². The summed E-state index contributed by atoms with van der Waals surface area (Å²) in [4.78, 5) is 23.0. The number of esters is 2. The molecule has 2 atom stereocenters. The molecule has 0 N–H and O–H groups in total. The third-order valence-corrected chi connectivity index (χ3v) is 5.28. The normalized spacial score (nSPS) is 21.8. The maximum Gasteiger partial charge on any atom is 0.334 e. The van der Waals surface area contributed by atoms with Gasteiger partial charge in [-0.2, -0.15) is 0 Å². The van der Waals surface area contributed by atoms with Gasteiger partial charge in [0.25, 0.3) is 0 Å². The molecule has 0 aromatic rings. The summed E-state index contributed by atoms with van der Waals surface area (Å²) < 4.78 is 10.2. The highest BCUT2D eigenvalue weighted by Gasteiger charge is 2.21. The molecule has 0 amide bonds. The minimum absolute atomic E-state index is 0.0417. The number of unbranched alkanes of at least 4 members (excludes halogenated alkanes) is 8.